The molecule has 0 bridgehead atoms. The molecule has 1 aromatic heterocycles. The van der Waals surface area contributed by atoms with E-state index in [1.165, 1.54) is 0 Å². The average Bonchev–Trinajstić information content (AvgIpc) is 2.91. The number of nitriles is 1. The van der Waals surface area contributed by atoms with Gasteiger partial charge in [0.2, 0.25) is 0 Å². The summed E-state index contributed by atoms with van der Waals surface area (Å²) in [7, 11) is 0. The molecule has 0 fully saturated rings. The van der Waals surface area contributed by atoms with Crippen LogP contribution in [0.1, 0.15) is 5.56 Å². The maximum atomic E-state index is 10.7. The van der Waals surface area contributed by atoms with Crippen molar-refractivity contribution < 1.29 is 0 Å². The van der Waals surface area contributed by atoms with Gasteiger partial charge in [-0.15, -0.1) is 4.91 Å². The summed E-state index contributed by atoms with van der Waals surface area (Å²) < 4.78 is 1.85. The third-order valence-corrected chi connectivity index (χ3v) is 2.93. The zero-order valence-corrected chi connectivity index (χ0v) is 9.82. The molecule has 90 valence electrons. The molecule has 2 aromatic carbocycles. The Morgan fingerprint density at radius 2 is 1.95 bits per heavy atom. The maximum absolute atomic E-state index is 10.7. The SMILES string of the molecule is N#Cc1ccc(-n2cnc3c(N=O)cccc32)cc1. The minimum Gasteiger partial charge on any atom is -0.299 e. The highest BCUT2D eigenvalue weighted by atomic mass is 16.3. The molecule has 0 radical (unpaired) electrons. The van der Waals surface area contributed by atoms with Crippen LogP contribution < -0.4 is 0 Å². The fourth-order valence-corrected chi connectivity index (χ4v) is 2.00. The normalized spacial score (nSPS) is 10.3. The molecule has 0 aliphatic rings. The van der Waals surface area contributed by atoms with Crippen LogP contribution in [0.5, 0.6) is 0 Å². The summed E-state index contributed by atoms with van der Waals surface area (Å²) >= 11 is 0. The number of benzene rings is 2. The first-order chi connectivity index (χ1) is 9.33. The number of hydrogen-bond donors (Lipinski definition) is 0. The van der Waals surface area contributed by atoms with Crippen molar-refractivity contribution in [3.63, 3.8) is 0 Å². The van der Waals surface area contributed by atoms with Gasteiger partial charge in [-0.25, -0.2) is 4.98 Å². The number of hydrogen-bond acceptors (Lipinski definition) is 4. The minimum absolute atomic E-state index is 0.324. The van der Waals surface area contributed by atoms with Crippen LogP contribution in [0.4, 0.5) is 5.69 Å². The Kier molecular flexibility index (Phi) is 2.54. The molecule has 1 heterocycles. The van der Waals surface area contributed by atoms with Gasteiger partial charge in [-0.2, -0.15) is 5.26 Å². The zero-order chi connectivity index (χ0) is 13.2. The van der Waals surface area contributed by atoms with Crippen molar-refractivity contribution >= 4 is 16.7 Å². The van der Waals surface area contributed by atoms with E-state index < -0.39 is 0 Å². The lowest BCUT2D eigenvalue weighted by atomic mass is 10.2. The van der Waals surface area contributed by atoms with Crippen LogP contribution in [-0.4, -0.2) is 9.55 Å². The summed E-state index contributed by atoms with van der Waals surface area (Å²) in [5.74, 6) is 0. The summed E-state index contributed by atoms with van der Waals surface area (Å²) in [6.07, 6.45) is 1.64. The number of para-hydroxylation sites is 1. The number of fused-ring (bicyclic) bond motifs is 1. The zero-order valence-electron chi connectivity index (χ0n) is 9.82. The molecule has 0 saturated carbocycles. The third-order valence-electron chi connectivity index (χ3n) is 2.93. The molecule has 0 unspecified atom stereocenters. The summed E-state index contributed by atoms with van der Waals surface area (Å²) in [5.41, 5.74) is 3.18. The Balaban J connectivity index is 2.20. The molecule has 0 atom stereocenters. The Bertz CT molecular complexity index is 796. The van der Waals surface area contributed by atoms with Crippen molar-refractivity contribution in [2.24, 2.45) is 5.18 Å². The highest BCUT2D eigenvalue weighted by Gasteiger charge is 2.08. The number of nitrogens with zero attached hydrogens (tertiary/aromatic N) is 4. The molecule has 3 rings (SSSR count). The predicted octanol–water partition coefficient (Wildman–Crippen LogP) is 3.30. The lowest BCUT2D eigenvalue weighted by Gasteiger charge is -2.04. The predicted molar refractivity (Wildman–Crippen MR) is 71.2 cm³/mol. The van der Waals surface area contributed by atoms with Gasteiger partial charge in [-0.05, 0) is 41.6 Å². The smallest absolute Gasteiger partial charge is 0.135 e. The minimum atomic E-state index is 0.324. The van der Waals surface area contributed by atoms with Gasteiger partial charge in [0.25, 0.3) is 0 Å². The molecular weight excluding hydrogens is 240 g/mol. The van der Waals surface area contributed by atoms with Crippen LogP contribution in [-0.2, 0) is 0 Å². The van der Waals surface area contributed by atoms with E-state index in [0.29, 0.717) is 16.8 Å². The van der Waals surface area contributed by atoms with E-state index in [2.05, 4.69) is 16.2 Å². The molecule has 0 saturated heterocycles. The molecule has 5 nitrogen and oxygen atoms in total. The number of rotatable bonds is 2. The van der Waals surface area contributed by atoms with Crippen molar-refractivity contribution in [2.45, 2.75) is 0 Å². The van der Waals surface area contributed by atoms with Crippen molar-refractivity contribution in [1.82, 2.24) is 9.55 Å². The van der Waals surface area contributed by atoms with Crippen LogP contribution in [0, 0.1) is 16.2 Å². The second kappa shape index (κ2) is 4.35. The van der Waals surface area contributed by atoms with E-state index >= 15 is 0 Å². The van der Waals surface area contributed by atoms with Gasteiger partial charge in [0.1, 0.15) is 17.5 Å². The van der Waals surface area contributed by atoms with E-state index in [-0.39, 0.29) is 0 Å². The molecule has 3 aromatic rings. The lowest BCUT2D eigenvalue weighted by molar-refractivity contribution is 1.09. The van der Waals surface area contributed by atoms with Crippen LogP contribution in [0.3, 0.4) is 0 Å². The van der Waals surface area contributed by atoms with E-state index in [9.17, 15) is 4.91 Å². The Labute approximate surface area is 108 Å². The summed E-state index contributed by atoms with van der Waals surface area (Å²) in [6, 6.07) is 14.5. The quantitative estimate of drug-likeness (QED) is 0.653. The van der Waals surface area contributed by atoms with Crippen molar-refractivity contribution in [1.29, 1.82) is 5.26 Å². The average molecular weight is 248 g/mol. The second-order valence-corrected chi connectivity index (χ2v) is 4.01. The van der Waals surface area contributed by atoms with Gasteiger partial charge in [0.15, 0.2) is 0 Å². The van der Waals surface area contributed by atoms with Crippen LogP contribution in [0.15, 0.2) is 54.0 Å². The highest BCUT2D eigenvalue weighted by Crippen LogP contribution is 2.26. The molecule has 5 heteroatoms. The van der Waals surface area contributed by atoms with Gasteiger partial charge in [-0.3, -0.25) is 4.57 Å². The van der Waals surface area contributed by atoms with Crippen molar-refractivity contribution in [3.8, 4) is 11.8 Å². The van der Waals surface area contributed by atoms with Gasteiger partial charge >= 0.3 is 0 Å². The Hall–Kier alpha value is -3.00. The third kappa shape index (κ3) is 1.76. The first-order valence-electron chi connectivity index (χ1n) is 5.63. The van der Waals surface area contributed by atoms with E-state index in [1.54, 1.807) is 30.6 Å². The van der Waals surface area contributed by atoms with Crippen LogP contribution >= 0.6 is 0 Å². The van der Waals surface area contributed by atoms with Crippen molar-refractivity contribution in [3.05, 3.63) is 59.3 Å². The molecular formula is C14H8N4O. The standard InChI is InChI=1S/C14H8N4O/c15-8-10-4-6-11(7-5-10)18-9-16-14-12(17-19)2-1-3-13(14)18/h1-7,9H. The first-order valence-corrected chi connectivity index (χ1v) is 5.63. The molecule has 0 aliphatic carbocycles. The Morgan fingerprint density at radius 3 is 2.63 bits per heavy atom. The fraction of sp³-hybridized carbons (Fsp3) is 0. The molecule has 0 aliphatic heterocycles. The summed E-state index contributed by atoms with van der Waals surface area (Å²) in [6.45, 7) is 0. The molecule has 0 N–H and O–H groups in total. The fourth-order valence-electron chi connectivity index (χ4n) is 2.00. The molecule has 0 amide bonds. The first kappa shape index (κ1) is 11.1. The Morgan fingerprint density at radius 1 is 1.16 bits per heavy atom. The summed E-state index contributed by atoms with van der Waals surface area (Å²) in [5, 5.41) is 11.7. The molecule has 0 spiro atoms. The second-order valence-electron chi connectivity index (χ2n) is 4.01. The molecule has 19 heavy (non-hydrogen) atoms. The monoisotopic (exact) mass is 248 g/mol. The number of nitroso groups, excluding NO2 is 1. The van der Waals surface area contributed by atoms with E-state index in [1.807, 2.05) is 22.8 Å². The van der Waals surface area contributed by atoms with Gasteiger partial charge < -0.3 is 0 Å². The maximum Gasteiger partial charge on any atom is 0.135 e. The van der Waals surface area contributed by atoms with Crippen LogP contribution in [0.25, 0.3) is 16.7 Å². The topological polar surface area (TPSA) is 71.0 Å². The van der Waals surface area contributed by atoms with Crippen molar-refractivity contribution in [2.75, 3.05) is 0 Å². The van der Waals surface area contributed by atoms with E-state index in [4.69, 9.17) is 5.26 Å². The van der Waals surface area contributed by atoms with Gasteiger partial charge in [0.05, 0.1) is 17.1 Å². The highest BCUT2D eigenvalue weighted by molar-refractivity contribution is 5.87. The lowest BCUT2D eigenvalue weighted by Crippen LogP contribution is -1.91. The van der Waals surface area contributed by atoms with Gasteiger partial charge in [0, 0.05) is 5.69 Å². The van der Waals surface area contributed by atoms with Gasteiger partial charge in [-0.1, -0.05) is 6.07 Å². The largest absolute Gasteiger partial charge is 0.299 e. The van der Waals surface area contributed by atoms with E-state index in [0.717, 1.165) is 11.2 Å². The number of aromatic nitrogens is 2. The van der Waals surface area contributed by atoms with Crippen LogP contribution in [0.2, 0.25) is 0 Å². The summed E-state index contributed by atoms with van der Waals surface area (Å²) in [4.78, 5) is 14.9. The number of imidazole rings is 1.